The molecule has 1 aromatic carbocycles. The minimum absolute atomic E-state index is 0.106. The van der Waals surface area contributed by atoms with Gasteiger partial charge in [-0.25, -0.2) is 4.39 Å². The average molecular weight is 345 g/mol. The molecule has 1 saturated heterocycles. The Morgan fingerprint density at radius 2 is 2.15 bits per heavy atom. The fourth-order valence-corrected chi connectivity index (χ4v) is 2.62. The van der Waals surface area contributed by atoms with Gasteiger partial charge in [0.15, 0.2) is 0 Å². The van der Waals surface area contributed by atoms with Gasteiger partial charge in [0.2, 0.25) is 5.91 Å². The monoisotopic (exact) mass is 344 g/mol. The zero-order valence-electron chi connectivity index (χ0n) is 11.4. The van der Waals surface area contributed by atoms with Crippen LogP contribution in [-0.2, 0) is 16.1 Å². The van der Waals surface area contributed by atoms with E-state index >= 15 is 0 Å². The summed E-state index contributed by atoms with van der Waals surface area (Å²) in [5.74, 6) is -0.165. The Morgan fingerprint density at radius 1 is 1.45 bits per heavy atom. The molecule has 1 aliphatic heterocycles. The number of morpholine rings is 1. The predicted molar refractivity (Wildman–Crippen MR) is 77.8 cm³/mol. The van der Waals surface area contributed by atoms with Crippen molar-refractivity contribution in [1.29, 1.82) is 0 Å². The first-order valence-corrected chi connectivity index (χ1v) is 7.33. The van der Waals surface area contributed by atoms with Crippen molar-refractivity contribution in [2.75, 3.05) is 39.9 Å². The van der Waals surface area contributed by atoms with Gasteiger partial charge in [-0.3, -0.25) is 9.69 Å². The molecule has 0 radical (unpaired) electrons. The van der Waals surface area contributed by atoms with E-state index in [4.69, 9.17) is 4.74 Å². The summed E-state index contributed by atoms with van der Waals surface area (Å²) >= 11 is 3.34. The summed E-state index contributed by atoms with van der Waals surface area (Å²) in [5.41, 5.74) is 0.962. The van der Waals surface area contributed by atoms with E-state index in [-0.39, 0.29) is 11.7 Å². The van der Waals surface area contributed by atoms with Crippen LogP contribution >= 0.6 is 15.9 Å². The summed E-state index contributed by atoms with van der Waals surface area (Å²) in [6.45, 7) is 3.48. The molecule has 0 saturated carbocycles. The highest BCUT2D eigenvalue weighted by molar-refractivity contribution is 9.10. The van der Waals surface area contributed by atoms with E-state index in [0.717, 1.165) is 10.0 Å². The van der Waals surface area contributed by atoms with E-state index in [1.54, 1.807) is 6.07 Å². The third kappa shape index (κ3) is 4.26. The van der Waals surface area contributed by atoms with Gasteiger partial charge in [0.25, 0.3) is 0 Å². The quantitative estimate of drug-likeness (QED) is 0.836. The summed E-state index contributed by atoms with van der Waals surface area (Å²) in [5, 5.41) is 0. The van der Waals surface area contributed by atoms with Crippen LogP contribution in [0.4, 0.5) is 4.39 Å². The van der Waals surface area contributed by atoms with Crippen molar-refractivity contribution in [3.63, 3.8) is 0 Å². The highest BCUT2D eigenvalue weighted by atomic mass is 79.9. The second-order valence-electron chi connectivity index (χ2n) is 4.90. The standard InChI is InChI=1S/C14H18BrFN2O2/c1-17(9-11-2-3-12(16)8-13(11)15)10-14(19)18-4-6-20-7-5-18/h2-3,8H,4-7,9-10H2,1H3. The Morgan fingerprint density at radius 3 is 2.80 bits per heavy atom. The molecule has 0 N–H and O–H groups in total. The van der Waals surface area contributed by atoms with E-state index in [2.05, 4.69) is 15.9 Å². The van der Waals surface area contributed by atoms with Gasteiger partial charge in [-0.2, -0.15) is 0 Å². The maximum atomic E-state index is 13.0. The molecule has 4 nitrogen and oxygen atoms in total. The number of hydrogen-bond acceptors (Lipinski definition) is 3. The molecule has 0 aromatic heterocycles. The van der Waals surface area contributed by atoms with Crippen LogP contribution in [0.25, 0.3) is 0 Å². The normalized spacial score (nSPS) is 15.7. The van der Waals surface area contributed by atoms with Crippen LogP contribution < -0.4 is 0 Å². The van der Waals surface area contributed by atoms with E-state index < -0.39 is 0 Å². The van der Waals surface area contributed by atoms with Crippen LogP contribution in [0.3, 0.4) is 0 Å². The largest absolute Gasteiger partial charge is 0.378 e. The summed E-state index contributed by atoms with van der Waals surface area (Å²) in [4.78, 5) is 15.8. The van der Waals surface area contributed by atoms with E-state index in [9.17, 15) is 9.18 Å². The van der Waals surface area contributed by atoms with Crippen LogP contribution in [0.15, 0.2) is 22.7 Å². The maximum absolute atomic E-state index is 13.0. The summed E-state index contributed by atoms with van der Waals surface area (Å²) in [7, 11) is 1.88. The molecule has 2 rings (SSSR count). The molecule has 20 heavy (non-hydrogen) atoms. The van der Waals surface area contributed by atoms with Gasteiger partial charge in [0.05, 0.1) is 19.8 Å². The van der Waals surface area contributed by atoms with Crippen molar-refractivity contribution >= 4 is 21.8 Å². The number of likely N-dealkylation sites (N-methyl/N-ethyl adjacent to an activating group) is 1. The average Bonchev–Trinajstić information content (AvgIpc) is 2.43. The molecule has 1 heterocycles. The highest BCUT2D eigenvalue weighted by Crippen LogP contribution is 2.19. The molecule has 1 fully saturated rings. The molecular formula is C14H18BrFN2O2. The number of amides is 1. The summed E-state index contributed by atoms with van der Waals surface area (Å²) in [6.07, 6.45) is 0. The number of hydrogen-bond donors (Lipinski definition) is 0. The molecule has 6 heteroatoms. The van der Waals surface area contributed by atoms with Crippen molar-refractivity contribution in [3.8, 4) is 0 Å². The molecular weight excluding hydrogens is 327 g/mol. The third-order valence-corrected chi connectivity index (χ3v) is 3.96. The van der Waals surface area contributed by atoms with Crippen molar-refractivity contribution < 1.29 is 13.9 Å². The lowest BCUT2D eigenvalue weighted by molar-refractivity contribution is -0.136. The number of benzene rings is 1. The third-order valence-electron chi connectivity index (χ3n) is 3.22. The van der Waals surface area contributed by atoms with Gasteiger partial charge in [0, 0.05) is 24.1 Å². The van der Waals surface area contributed by atoms with Crippen LogP contribution in [0.5, 0.6) is 0 Å². The summed E-state index contributed by atoms with van der Waals surface area (Å²) in [6, 6.07) is 4.60. The lowest BCUT2D eigenvalue weighted by Gasteiger charge is -2.28. The predicted octanol–water partition coefficient (Wildman–Crippen LogP) is 1.88. The molecule has 1 aliphatic rings. The maximum Gasteiger partial charge on any atom is 0.236 e. The molecule has 1 aromatic rings. The van der Waals surface area contributed by atoms with E-state index in [1.165, 1.54) is 12.1 Å². The second-order valence-corrected chi connectivity index (χ2v) is 5.76. The van der Waals surface area contributed by atoms with E-state index in [1.807, 2.05) is 16.8 Å². The molecule has 0 spiro atoms. The zero-order valence-corrected chi connectivity index (χ0v) is 13.0. The number of halogens is 2. The molecule has 0 atom stereocenters. The number of ether oxygens (including phenoxy) is 1. The van der Waals surface area contributed by atoms with Gasteiger partial charge in [-0.15, -0.1) is 0 Å². The minimum Gasteiger partial charge on any atom is -0.378 e. The van der Waals surface area contributed by atoms with Gasteiger partial charge >= 0.3 is 0 Å². The Bertz CT molecular complexity index is 478. The number of rotatable bonds is 4. The van der Waals surface area contributed by atoms with Gasteiger partial charge in [-0.05, 0) is 24.7 Å². The zero-order chi connectivity index (χ0) is 14.5. The van der Waals surface area contributed by atoms with Crippen LogP contribution in [-0.4, -0.2) is 55.6 Å². The summed E-state index contributed by atoms with van der Waals surface area (Å²) < 4.78 is 19.0. The van der Waals surface area contributed by atoms with Gasteiger partial charge < -0.3 is 9.64 Å². The van der Waals surface area contributed by atoms with Crippen LogP contribution in [0.2, 0.25) is 0 Å². The topological polar surface area (TPSA) is 32.8 Å². The first kappa shape index (κ1) is 15.4. The van der Waals surface area contributed by atoms with Crippen LogP contribution in [0, 0.1) is 5.82 Å². The van der Waals surface area contributed by atoms with E-state index in [0.29, 0.717) is 39.4 Å². The molecule has 0 bridgehead atoms. The fourth-order valence-electron chi connectivity index (χ4n) is 2.14. The number of carbonyl (C=O) groups excluding carboxylic acids is 1. The van der Waals surface area contributed by atoms with Crippen molar-refractivity contribution in [3.05, 3.63) is 34.1 Å². The highest BCUT2D eigenvalue weighted by Gasteiger charge is 2.18. The fraction of sp³-hybridized carbons (Fsp3) is 0.500. The van der Waals surface area contributed by atoms with Crippen molar-refractivity contribution in [2.45, 2.75) is 6.54 Å². The first-order chi connectivity index (χ1) is 9.56. The molecule has 1 amide bonds. The number of carbonyl (C=O) groups is 1. The Hall–Kier alpha value is -0.980. The number of nitrogens with zero attached hydrogens (tertiary/aromatic N) is 2. The second kappa shape index (κ2) is 7.15. The van der Waals surface area contributed by atoms with Crippen molar-refractivity contribution in [1.82, 2.24) is 9.80 Å². The molecule has 110 valence electrons. The SMILES string of the molecule is CN(CC(=O)N1CCOCC1)Cc1ccc(F)cc1Br. The minimum atomic E-state index is -0.271. The Kier molecular flexibility index (Phi) is 5.51. The first-order valence-electron chi connectivity index (χ1n) is 6.54. The molecule has 0 aliphatic carbocycles. The smallest absolute Gasteiger partial charge is 0.236 e. The lowest BCUT2D eigenvalue weighted by atomic mass is 10.2. The van der Waals surface area contributed by atoms with Gasteiger partial charge in [0.1, 0.15) is 5.82 Å². The molecule has 0 unspecified atom stereocenters. The lowest BCUT2D eigenvalue weighted by Crippen LogP contribution is -2.44. The Labute approximate surface area is 126 Å². The van der Waals surface area contributed by atoms with Crippen molar-refractivity contribution in [2.24, 2.45) is 0 Å². The Balaban J connectivity index is 1.88. The van der Waals surface area contributed by atoms with Gasteiger partial charge in [-0.1, -0.05) is 22.0 Å². The van der Waals surface area contributed by atoms with Crippen LogP contribution in [0.1, 0.15) is 5.56 Å².